The average Bonchev–Trinajstić information content (AvgIpc) is 3.50. The molecule has 1 fully saturated rings. The summed E-state index contributed by atoms with van der Waals surface area (Å²) in [4.78, 5) is 41.0. The Kier molecular flexibility index (Phi) is 8.20. The molecule has 0 aromatic heterocycles. The maximum Gasteiger partial charge on any atom is 0.408 e. The average molecular weight is 480 g/mol. The molecule has 0 radical (unpaired) electrons. The molecular weight excluding hydrogens is 442 g/mol. The fourth-order valence-electron chi connectivity index (χ4n) is 4.20. The van der Waals surface area contributed by atoms with Crippen LogP contribution in [0.3, 0.4) is 0 Å². The van der Waals surface area contributed by atoms with E-state index in [0.717, 1.165) is 28.7 Å². The van der Waals surface area contributed by atoms with Crippen LogP contribution in [0.4, 0.5) is 4.79 Å². The number of benzene rings is 2. The van der Waals surface area contributed by atoms with E-state index in [1.54, 1.807) is 25.7 Å². The maximum atomic E-state index is 13.6. The Bertz CT molecular complexity index is 1060. The normalized spacial score (nSPS) is 17.8. The summed E-state index contributed by atoms with van der Waals surface area (Å²) < 4.78 is 5.28. The topological polar surface area (TPSA) is 87.7 Å². The van der Waals surface area contributed by atoms with Crippen LogP contribution in [0.1, 0.15) is 62.4 Å². The zero-order chi connectivity index (χ0) is 25.8. The molecule has 3 atom stereocenters. The van der Waals surface area contributed by atoms with Gasteiger partial charge in [0.15, 0.2) is 0 Å². The minimum Gasteiger partial charge on any atom is -0.444 e. The summed E-state index contributed by atoms with van der Waals surface area (Å²) in [6.07, 6.45) is 0.150. The van der Waals surface area contributed by atoms with Crippen molar-refractivity contribution >= 4 is 17.9 Å². The SMILES string of the molecule is Cc1ccc(C(C(=O)NCc2ccccc2)N(C(=O)CNC(=O)OC(C)(C)C)C2CC2C)c(C)c1. The lowest BCUT2D eigenvalue weighted by atomic mass is 9.96. The molecule has 0 bridgehead atoms. The van der Waals surface area contributed by atoms with E-state index in [2.05, 4.69) is 17.6 Å². The van der Waals surface area contributed by atoms with Gasteiger partial charge in [-0.2, -0.15) is 0 Å². The lowest BCUT2D eigenvalue weighted by molar-refractivity contribution is -0.141. The third-order valence-electron chi connectivity index (χ3n) is 6.05. The van der Waals surface area contributed by atoms with E-state index in [0.29, 0.717) is 6.54 Å². The van der Waals surface area contributed by atoms with Gasteiger partial charge in [0.1, 0.15) is 18.2 Å². The molecule has 188 valence electrons. The quantitative estimate of drug-likeness (QED) is 0.587. The van der Waals surface area contributed by atoms with Gasteiger partial charge in [0, 0.05) is 12.6 Å². The van der Waals surface area contributed by atoms with Gasteiger partial charge in [0.05, 0.1) is 0 Å². The van der Waals surface area contributed by atoms with Crippen molar-refractivity contribution in [3.63, 3.8) is 0 Å². The van der Waals surface area contributed by atoms with E-state index in [-0.39, 0.29) is 30.3 Å². The van der Waals surface area contributed by atoms with E-state index in [1.807, 2.05) is 62.4 Å². The molecule has 2 N–H and O–H groups in total. The number of ether oxygens (including phenoxy) is 1. The largest absolute Gasteiger partial charge is 0.444 e. The van der Waals surface area contributed by atoms with Gasteiger partial charge in [-0.15, -0.1) is 0 Å². The van der Waals surface area contributed by atoms with Crippen LogP contribution >= 0.6 is 0 Å². The highest BCUT2D eigenvalue weighted by Gasteiger charge is 2.46. The Morgan fingerprint density at radius 3 is 2.29 bits per heavy atom. The van der Waals surface area contributed by atoms with Crippen LogP contribution in [0.25, 0.3) is 0 Å². The highest BCUT2D eigenvalue weighted by molar-refractivity contribution is 5.91. The smallest absolute Gasteiger partial charge is 0.408 e. The summed E-state index contributed by atoms with van der Waals surface area (Å²) in [5.74, 6) is -0.286. The number of amides is 3. The van der Waals surface area contributed by atoms with E-state index < -0.39 is 17.7 Å². The summed E-state index contributed by atoms with van der Waals surface area (Å²) in [6.45, 7) is 11.4. The Morgan fingerprint density at radius 2 is 1.71 bits per heavy atom. The van der Waals surface area contributed by atoms with Crippen LogP contribution in [0, 0.1) is 19.8 Å². The maximum absolute atomic E-state index is 13.6. The van der Waals surface area contributed by atoms with Crippen LogP contribution < -0.4 is 10.6 Å². The second-order valence-corrected chi connectivity index (χ2v) is 10.4. The minimum absolute atomic E-state index is 0.0730. The number of nitrogens with zero attached hydrogens (tertiary/aromatic N) is 1. The third-order valence-corrected chi connectivity index (χ3v) is 6.05. The number of nitrogens with one attached hydrogen (secondary N) is 2. The molecule has 2 aromatic rings. The van der Waals surface area contributed by atoms with Crippen molar-refractivity contribution in [2.24, 2.45) is 5.92 Å². The molecule has 3 rings (SSSR count). The summed E-state index contributed by atoms with van der Waals surface area (Å²) in [7, 11) is 0. The molecule has 0 aliphatic heterocycles. The Labute approximate surface area is 208 Å². The van der Waals surface area contributed by atoms with Crippen LogP contribution in [0.15, 0.2) is 48.5 Å². The zero-order valence-corrected chi connectivity index (χ0v) is 21.6. The first-order valence-electron chi connectivity index (χ1n) is 12.1. The Morgan fingerprint density at radius 1 is 1.06 bits per heavy atom. The molecule has 0 spiro atoms. The van der Waals surface area contributed by atoms with Crippen molar-refractivity contribution in [3.8, 4) is 0 Å². The molecular formula is C28H37N3O4. The van der Waals surface area contributed by atoms with Gasteiger partial charge < -0.3 is 20.3 Å². The first-order chi connectivity index (χ1) is 16.5. The van der Waals surface area contributed by atoms with E-state index in [9.17, 15) is 14.4 Å². The van der Waals surface area contributed by atoms with Crippen molar-refractivity contribution in [2.75, 3.05) is 6.54 Å². The van der Waals surface area contributed by atoms with Gasteiger partial charge >= 0.3 is 6.09 Å². The fraction of sp³-hybridized carbons (Fsp3) is 0.464. The summed E-state index contributed by atoms with van der Waals surface area (Å²) >= 11 is 0. The molecule has 7 nitrogen and oxygen atoms in total. The van der Waals surface area contributed by atoms with Crippen molar-refractivity contribution in [1.29, 1.82) is 0 Å². The molecule has 7 heteroatoms. The summed E-state index contributed by atoms with van der Waals surface area (Å²) in [6, 6.07) is 14.7. The van der Waals surface area contributed by atoms with E-state index in [4.69, 9.17) is 4.74 Å². The van der Waals surface area contributed by atoms with Crippen molar-refractivity contribution in [2.45, 2.75) is 72.2 Å². The second-order valence-electron chi connectivity index (χ2n) is 10.4. The Balaban J connectivity index is 1.87. The number of carbonyl (C=O) groups is 3. The number of hydrogen-bond donors (Lipinski definition) is 2. The minimum atomic E-state index is -0.804. The van der Waals surface area contributed by atoms with Crippen molar-refractivity contribution in [1.82, 2.24) is 15.5 Å². The third kappa shape index (κ3) is 7.31. The fourth-order valence-corrected chi connectivity index (χ4v) is 4.20. The highest BCUT2D eigenvalue weighted by atomic mass is 16.6. The zero-order valence-electron chi connectivity index (χ0n) is 21.6. The van der Waals surface area contributed by atoms with Crippen LogP contribution in [-0.4, -0.2) is 41.0 Å². The van der Waals surface area contributed by atoms with Gasteiger partial charge in [-0.1, -0.05) is 61.0 Å². The van der Waals surface area contributed by atoms with Gasteiger partial charge in [-0.25, -0.2) is 4.79 Å². The lowest BCUT2D eigenvalue weighted by Crippen LogP contribution is -2.49. The molecule has 0 heterocycles. The molecule has 1 aliphatic carbocycles. The van der Waals surface area contributed by atoms with Crippen LogP contribution in [-0.2, 0) is 20.9 Å². The van der Waals surface area contributed by atoms with E-state index in [1.165, 1.54) is 0 Å². The van der Waals surface area contributed by atoms with Gasteiger partial charge in [-0.3, -0.25) is 9.59 Å². The molecule has 2 aromatic carbocycles. The molecule has 1 saturated carbocycles. The molecule has 3 unspecified atom stereocenters. The Hall–Kier alpha value is -3.35. The summed E-state index contributed by atoms with van der Waals surface area (Å²) in [5.41, 5.74) is 3.11. The van der Waals surface area contributed by atoms with Crippen LogP contribution in [0.5, 0.6) is 0 Å². The molecule has 0 saturated heterocycles. The molecule has 1 aliphatic rings. The number of carbonyl (C=O) groups excluding carboxylic acids is 3. The number of rotatable bonds is 8. The first kappa shape index (κ1) is 26.3. The number of hydrogen-bond acceptors (Lipinski definition) is 4. The van der Waals surface area contributed by atoms with Gasteiger partial charge in [0.2, 0.25) is 11.8 Å². The molecule has 35 heavy (non-hydrogen) atoms. The summed E-state index contributed by atoms with van der Waals surface area (Å²) in [5, 5.41) is 5.58. The van der Waals surface area contributed by atoms with Gasteiger partial charge in [0.25, 0.3) is 0 Å². The van der Waals surface area contributed by atoms with E-state index >= 15 is 0 Å². The predicted octanol–water partition coefficient (Wildman–Crippen LogP) is 4.42. The highest BCUT2D eigenvalue weighted by Crippen LogP contribution is 2.41. The monoisotopic (exact) mass is 479 g/mol. The van der Waals surface area contributed by atoms with Crippen molar-refractivity contribution < 1.29 is 19.1 Å². The van der Waals surface area contributed by atoms with Crippen LogP contribution in [0.2, 0.25) is 0 Å². The second kappa shape index (κ2) is 10.9. The standard InChI is InChI=1S/C28H37N3O4/c1-18-12-13-22(19(2)14-18)25(26(33)29-16-21-10-8-7-9-11-21)31(23-15-20(23)3)24(32)17-30-27(34)35-28(4,5)6/h7-14,20,23,25H,15-17H2,1-6H3,(H,29,33)(H,30,34). The van der Waals surface area contributed by atoms with Crippen molar-refractivity contribution in [3.05, 3.63) is 70.8 Å². The number of aryl methyl sites for hydroxylation is 2. The first-order valence-corrected chi connectivity index (χ1v) is 12.1. The molecule has 3 amide bonds. The van der Waals surface area contributed by atoms with Gasteiger partial charge in [-0.05, 0) is 63.6 Å². The predicted molar refractivity (Wildman–Crippen MR) is 136 cm³/mol. The number of alkyl carbamates (subject to hydrolysis) is 1. The lowest BCUT2D eigenvalue weighted by Gasteiger charge is -2.33.